The summed E-state index contributed by atoms with van der Waals surface area (Å²) in [7, 11) is -4.46. The summed E-state index contributed by atoms with van der Waals surface area (Å²) in [4.78, 5) is 0. The zero-order chi connectivity index (χ0) is 35.9. The molecule has 0 bridgehead atoms. The zero-order valence-corrected chi connectivity index (χ0v) is 32.9. The Kier molecular flexibility index (Phi) is 14.3. The number of fused-ring (bicyclic) bond motifs is 5. The van der Waals surface area contributed by atoms with Crippen molar-refractivity contribution in [3.05, 3.63) is 35.9 Å². The molecule has 0 heterocycles. The van der Waals surface area contributed by atoms with Gasteiger partial charge in [-0.15, -0.1) is 0 Å². The van der Waals surface area contributed by atoms with Crippen LogP contribution in [0.5, 0.6) is 0 Å². The lowest BCUT2D eigenvalue weighted by atomic mass is 9.43. The first-order chi connectivity index (χ1) is 23.8. The Morgan fingerprint density at radius 3 is 2.28 bits per heavy atom. The fraction of sp³-hybridized carbons (Fsp3) is 0.857. The zero-order valence-electron chi connectivity index (χ0n) is 32.1. The first-order valence-electron chi connectivity index (χ1n) is 20.6. The Balaban J connectivity index is 1.02. The van der Waals surface area contributed by atoms with Gasteiger partial charge in [0.15, 0.2) is 0 Å². The summed E-state index contributed by atoms with van der Waals surface area (Å²) >= 11 is 0. The van der Waals surface area contributed by atoms with Crippen molar-refractivity contribution in [2.24, 2.45) is 52.3 Å². The van der Waals surface area contributed by atoms with Crippen molar-refractivity contribution in [2.75, 3.05) is 19.6 Å². The number of aliphatic hydroxyl groups excluding tert-OH is 1. The van der Waals surface area contributed by atoms with Gasteiger partial charge in [-0.2, -0.15) is 8.42 Å². The third-order valence-electron chi connectivity index (χ3n) is 14.7. The molecule has 50 heavy (non-hydrogen) atoms. The average Bonchev–Trinajstić information content (AvgIpc) is 3.43. The van der Waals surface area contributed by atoms with E-state index >= 15 is 0 Å². The van der Waals surface area contributed by atoms with Gasteiger partial charge in [-0.05, 0) is 167 Å². The van der Waals surface area contributed by atoms with Crippen LogP contribution in [0.3, 0.4) is 0 Å². The van der Waals surface area contributed by atoms with E-state index in [9.17, 15) is 18.1 Å². The highest BCUT2D eigenvalue weighted by Crippen LogP contribution is 2.68. The number of hydrogen-bond donors (Lipinski definition) is 4. The third kappa shape index (κ3) is 9.93. The van der Waals surface area contributed by atoms with Crippen LogP contribution in [0.25, 0.3) is 0 Å². The molecule has 1 aromatic rings. The second-order valence-electron chi connectivity index (χ2n) is 18.1. The SMILES string of the molecule is CC(C)[C@@H](CC[C@@H](C)[C@H]1CCC2C3C(CC[C@@]21C)[C@@]1(C)CC[C@H](NCCCNCCCCCCc2ccccc2)C[C@@H]1C[C@H]3O)OS(=O)(=O)O. The molecule has 0 aliphatic heterocycles. The second-order valence-corrected chi connectivity index (χ2v) is 19.1. The number of benzene rings is 1. The van der Waals surface area contributed by atoms with Gasteiger partial charge in [0.25, 0.3) is 0 Å². The summed E-state index contributed by atoms with van der Waals surface area (Å²) in [6.07, 6.45) is 17.9. The average molecular weight is 717 g/mol. The smallest absolute Gasteiger partial charge is 0.393 e. The topological polar surface area (TPSA) is 108 Å². The summed E-state index contributed by atoms with van der Waals surface area (Å²) in [5.41, 5.74) is 2.00. The Morgan fingerprint density at radius 1 is 0.840 bits per heavy atom. The van der Waals surface area contributed by atoms with Gasteiger partial charge in [-0.25, -0.2) is 4.18 Å². The largest absolute Gasteiger partial charge is 0.397 e. The van der Waals surface area contributed by atoms with Crippen molar-refractivity contribution >= 4 is 10.4 Å². The van der Waals surface area contributed by atoms with Gasteiger partial charge in [0.05, 0.1) is 12.2 Å². The van der Waals surface area contributed by atoms with E-state index in [1.165, 1.54) is 89.0 Å². The Hall–Kier alpha value is -1.03. The van der Waals surface area contributed by atoms with Crippen LogP contribution < -0.4 is 10.6 Å². The van der Waals surface area contributed by atoms with E-state index in [-0.39, 0.29) is 17.4 Å². The number of unbranched alkanes of at least 4 members (excludes halogenated alkanes) is 3. The second kappa shape index (κ2) is 17.9. The van der Waals surface area contributed by atoms with E-state index in [0.29, 0.717) is 53.4 Å². The van der Waals surface area contributed by atoms with Crippen molar-refractivity contribution in [2.45, 2.75) is 156 Å². The summed E-state index contributed by atoms with van der Waals surface area (Å²) in [5.74, 6) is 3.21. The molecule has 4 N–H and O–H groups in total. The lowest BCUT2D eigenvalue weighted by Gasteiger charge is -2.62. The summed E-state index contributed by atoms with van der Waals surface area (Å²) in [5, 5.41) is 19.4. The normalized spacial score (nSPS) is 35.3. The molecule has 286 valence electrons. The molecular weight excluding hydrogens is 645 g/mol. The maximum atomic E-state index is 11.9. The van der Waals surface area contributed by atoms with Crippen molar-refractivity contribution in [1.29, 1.82) is 0 Å². The predicted octanol–water partition coefficient (Wildman–Crippen LogP) is 8.62. The molecule has 4 aliphatic carbocycles. The van der Waals surface area contributed by atoms with Crippen molar-refractivity contribution in [3.63, 3.8) is 0 Å². The Morgan fingerprint density at radius 2 is 1.54 bits per heavy atom. The van der Waals surface area contributed by atoms with Crippen LogP contribution in [0.4, 0.5) is 0 Å². The fourth-order valence-corrected chi connectivity index (χ4v) is 12.5. The first kappa shape index (κ1) is 40.2. The lowest BCUT2D eigenvalue weighted by molar-refractivity contribution is -0.167. The van der Waals surface area contributed by atoms with E-state index in [0.717, 1.165) is 32.5 Å². The first-order valence-corrected chi connectivity index (χ1v) is 22.0. The van der Waals surface area contributed by atoms with Crippen LogP contribution >= 0.6 is 0 Å². The molecule has 8 heteroatoms. The van der Waals surface area contributed by atoms with Gasteiger partial charge in [0, 0.05) is 6.04 Å². The number of hydrogen-bond acceptors (Lipinski definition) is 6. The molecule has 7 nitrogen and oxygen atoms in total. The van der Waals surface area contributed by atoms with Crippen molar-refractivity contribution in [3.8, 4) is 0 Å². The highest BCUT2D eigenvalue weighted by atomic mass is 32.3. The number of aliphatic hydroxyl groups is 1. The van der Waals surface area contributed by atoms with Crippen LogP contribution in [-0.4, -0.2) is 56.0 Å². The summed E-state index contributed by atoms with van der Waals surface area (Å²) in [6.45, 7) is 14.6. The van der Waals surface area contributed by atoms with E-state index < -0.39 is 16.5 Å². The molecule has 0 aromatic heterocycles. The van der Waals surface area contributed by atoms with Gasteiger partial charge in [0.2, 0.25) is 0 Å². The van der Waals surface area contributed by atoms with Gasteiger partial charge in [-0.1, -0.05) is 77.8 Å². The lowest BCUT2D eigenvalue weighted by Crippen LogP contribution is -2.59. The van der Waals surface area contributed by atoms with E-state index in [4.69, 9.17) is 4.18 Å². The molecule has 4 aliphatic rings. The van der Waals surface area contributed by atoms with Crippen LogP contribution in [0.1, 0.15) is 136 Å². The quantitative estimate of drug-likeness (QED) is 0.0839. The molecule has 0 saturated heterocycles. The van der Waals surface area contributed by atoms with Crippen LogP contribution in [0.15, 0.2) is 30.3 Å². The Bertz CT molecular complexity index is 1280. The minimum atomic E-state index is -4.46. The minimum Gasteiger partial charge on any atom is -0.393 e. The van der Waals surface area contributed by atoms with Gasteiger partial charge in [0.1, 0.15) is 0 Å². The van der Waals surface area contributed by atoms with Crippen LogP contribution in [0.2, 0.25) is 0 Å². The molecule has 11 atom stereocenters. The number of nitrogens with one attached hydrogen (secondary N) is 2. The number of rotatable bonds is 19. The van der Waals surface area contributed by atoms with E-state index in [1.54, 1.807) is 0 Å². The highest BCUT2D eigenvalue weighted by Gasteiger charge is 2.62. The summed E-state index contributed by atoms with van der Waals surface area (Å²) in [6, 6.07) is 11.4. The fourth-order valence-electron chi connectivity index (χ4n) is 11.9. The molecule has 0 spiro atoms. The molecule has 5 rings (SSSR count). The molecule has 4 saturated carbocycles. The van der Waals surface area contributed by atoms with E-state index in [2.05, 4.69) is 61.7 Å². The predicted molar refractivity (Wildman–Crippen MR) is 204 cm³/mol. The third-order valence-corrected chi connectivity index (χ3v) is 15.2. The molecule has 0 radical (unpaired) electrons. The molecular formula is C42H72N2O5S. The molecule has 1 aromatic carbocycles. The molecule has 3 unspecified atom stereocenters. The van der Waals surface area contributed by atoms with Gasteiger partial charge in [-0.3, -0.25) is 4.55 Å². The van der Waals surface area contributed by atoms with Crippen LogP contribution in [-0.2, 0) is 21.0 Å². The Labute approximate surface area is 305 Å². The van der Waals surface area contributed by atoms with Crippen LogP contribution in [0, 0.1) is 52.3 Å². The minimum absolute atomic E-state index is 0.0145. The van der Waals surface area contributed by atoms with Crippen molar-refractivity contribution in [1.82, 2.24) is 10.6 Å². The molecule has 4 fully saturated rings. The monoisotopic (exact) mass is 717 g/mol. The maximum absolute atomic E-state index is 11.9. The number of aryl methyl sites for hydroxylation is 1. The summed E-state index contributed by atoms with van der Waals surface area (Å²) < 4.78 is 37.3. The van der Waals surface area contributed by atoms with Gasteiger partial charge < -0.3 is 15.7 Å². The molecule has 0 amide bonds. The highest BCUT2D eigenvalue weighted by molar-refractivity contribution is 7.80. The van der Waals surface area contributed by atoms with Gasteiger partial charge >= 0.3 is 10.4 Å². The standard InChI is InChI=1S/C42H72N2O5S/c1-30(2)39(49-50(46,47)48)20-17-31(3)35-18-19-36-40-37(22-24-42(35,36)5)41(4)23-21-34(28-33(41)29-38(40)45)44-27-13-26-43-25-12-7-6-9-14-32-15-10-8-11-16-32/h8,10-11,15-16,30-31,33-40,43-45H,6-7,9,12-14,17-29H2,1-5H3,(H,46,47,48)/t31-,33-,34+,35-,36?,37?,38-,39-,40?,41+,42-/m1/s1. The van der Waals surface area contributed by atoms with Crippen molar-refractivity contribution < 1.29 is 22.3 Å². The maximum Gasteiger partial charge on any atom is 0.397 e. The van der Waals surface area contributed by atoms with E-state index in [1.807, 2.05) is 13.8 Å².